The minimum atomic E-state index is -0.971. The summed E-state index contributed by atoms with van der Waals surface area (Å²) >= 11 is 4.24. The summed E-state index contributed by atoms with van der Waals surface area (Å²) in [6.07, 6.45) is 0.777. The van der Waals surface area contributed by atoms with Crippen molar-refractivity contribution in [2.45, 2.75) is 32.1 Å². The van der Waals surface area contributed by atoms with Crippen molar-refractivity contribution in [2.75, 3.05) is 13.1 Å². The van der Waals surface area contributed by atoms with Crippen molar-refractivity contribution in [3.05, 3.63) is 0 Å². The first kappa shape index (κ1) is 11.4. The molecule has 0 aromatic rings. The largest absolute Gasteiger partial charge is 0.328 e. The SMILES string of the molecule is CCCN1C(=O)N(CC)C(C)(S)C1=O. The molecule has 4 nitrogen and oxygen atoms in total. The minimum absolute atomic E-state index is 0.213. The average Bonchev–Trinajstić information content (AvgIpc) is 2.27. The first-order valence-electron chi connectivity index (χ1n) is 4.82. The lowest BCUT2D eigenvalue weighted by Crippen LogP contribution is -2.41. The Morgan fingerprint density at radius 1 is 1.36 bits per heavy atom. The molecule has 1 heterocycles. The molecular weight excluding hydrogens is 200 g/mol. The van der Waals surface area contributed by atoms with Gasteiger partial charge in [-0.2, -0.15) is 0 Å². The quantitative estimate of drug-likeness (QED) is 0.571. The van der Waals surface area contributed by atoms with Gasteiger partial charge in [-0.1, -0.05) is 6.92 Å². The van der Waals surface area contributed by atoms with E-state index in [1.54, 1.807) is 6.92 Å². The van der Waals surface area contributed by atoms with E-state index in [-0.39, 0.29) is 11.9 Å². The monoisotopic (exact) mass is 216 g/mol. The predicted molar refractivity (Wildman–Crippen MR) is 57.2 cm³/mol. The molecule has 0 saturated carbocycles. The van der Waals surface area contributed by atoms with Crippen LogP contribution in [0.25, 0.3) is 0 Å². The molecule has 0 N–H and O–H groups in total. The Kier molecular flexibility index (Phi) is 3.09. The third-order valence-electron chi connectivity index (χ3n) is 2.40. The zero-order valence-corrected chi connectivity index (χ0v) is 9.67. The molecular formula is C9H16N2O2S. The minimum Gasteiger partial charge on any atom is -0.301 e. The maximum atomic E-state index is 11.8. The topological polar surface area (TPSA) is 40.6 Å². The van der Waals surface area contributed by atoms with Gasteiger partial charge in [-0.25, -0.2) is 4.79 Å². The van der Waals surface area contributed by atoms with Gasteiger partial charge in [0.2, 0.25) is 0 Å². The van der Waals surface area contributed by atoms with E-state index in [0.29, 0.717) is 13.1 Å². The molecule has 0 radical (unpaired) electrons. The third kappa shape index (κ3) is 1.49. The molecule has 0 spiro atoms. The van der Waals surface area contributed by atoms with Gasteiger partial charge < -0.3 is 4.90 Å². The first-order valence-corrected chi connectivity index (χ1v) is 5.27. The Bertz CT molecular complexity index is 266. The molecule has 14 heavy (non-hydrogen) atoms. The highest BCUT2D eigenvalue weighted by Gasteiger charge is 2.50. The fraction of sp³-hybridized carbons (Fsp3) is 0.778. The van der Waals surface area contributed by atoms with Gasteiger partial charge in [0.05, 0.1) is 0 Å². The van der Waals surface area contributed by atoms with E-state index in [1.165, 1.54) is 9.80 Å². The Morgan fingerprint density at radius 3 is 2.29 bits per heavy atom. The zero-order chi connectivity index (χ0) is 10.9. The maximum Gasteiger partial charge on any atom is 0.328 e. The van der Waals surface area contributed by atoms with Crippen LogP contribution >= 0.6 is 12.6 Å². The molecule has 0 bridgehead atoms. The summed E-state index contributed by atoms with van der Waals surface area (Å²) in [6.45, 7) is 6.42. The molecule has 0 aliphatic carbocycles. The van der Waals surface area contributed by atoms with Crippen LogP contribution < -0.4 is 0 Å². The summed E-state index contributed by atoms with van der Waals surface area (Å²) in [5, 5.41) is 0. The number of hydrogen-bond acceptors (Lipinski definition) is 3. The number of thiol groups is 1. The van der Waals surface area contributed by atoms with Gasteiger partial charge in [-0.3, -0.25) is 9.69 Å². The number of hydrogen-bond donors (Lipinski definition) is 1. The number of imide groups is 1. The summed E-state index contributed by atoms with van der Waals surface area (Å²) in [5.41, 5.74) is 0. The normalized spacial score (nSPS) is 27.7. The fourth-order valence-corrected chi connectivity index (χ4v) is 2.00. The van der Waals surface area contributed by atoms with Gasteiger partial charge in [-0.15, -0.1) is 12.6 Å². The van der Waals surface area contributed by atoms with E-state index in [0.717, 1.165) is 6.42 Å². The lowest BCUT2D eigenvalue weighted by molar-refractivity contribution is -0.129. The highest BCUT2D eigenvalue weighted by Crippen LogP contribution is 2.30. The zero-order valence-electron chi connectivity index (χ0n) is 8.78. The molecule has 1 aliphatic rings. The molecule has 1 atom stereocenters. The molecule has 5 heteroatoms. The van der Waals surface area contributed by atoms with Crippen molar-refractivity contribution in [3.63, 3.8) is 0 Å². The Labute approximate surface area is 89.7 Å². The van der Waals surface area contributed by atoms with E-state index < -0.39 is 4.87 Å². The highest BCUT2D eigenvalue weighted by atomic mass is 32.1. The van der Waals surface area contributed by atoms with Crippen LogP contribution in [-0.2, 0) is 4.79 Å². The summed E-state index contributed by atoms with van der Waals surface area (Å²) in [4.78, 5) is 25.3. The number of amides is 3. The summed E-state index contributed by atoms with van der Waals surface area (Å²) in [7, 11) is 0. The van der Waals surface area contributed by atoms with Crippen LogP contribution in [0.5, 0.6) is 0 Å². The average molecular weight is 216 g/mol. The Balaban J connectivity index is 2.95. The molecule has 1 rings (SSSR count). The van der Waals surface area contributed by atoms with Gasteiger partial charge in [0.1, 0.15) is 0 Å². The molecule has 1 aliphatic heterocycles. The van der Waals surface area contributed by atoms with Gasteiger partial charge in [0.15, 0.2) is 4.87 Å². The second kappa shape index (κ2) is 3.81. The second-order valence-electron chi connectivity index (χ2n) is 3.50. The van der Waals surface area contributed by atoms with Crippen molar-refractivity contribution in [1.82, 2.24) is 9.80 Å². The van der Waals surface area contributed by atoms with Crippen molar-refractivity contribution in [3.8, 4) is 0 Å². The van der Waals surface area contributed by atoms with Crippen molar-refractivity contribution >= 4 is 24.6 Å². The van der Waals surface area contributed by atoms with Crippen molar-refractivity contribution in [1.29, 1.82) is 0 Å². The third-order valence-corrected chi connectivity index (χ3v) is 2.83. The van der Waals surface area contributed by atoms with E-state index in [9.17, 15) is 9.59 Å². The van der Waals surface area contributed by atoms with Crippen LogP contribution in [0.2, 0.25) is 0 Å². The van der Waals surface area contributed by atoms with E-state index >= 15 is 0 Å². The van der Waals surface area contributed by atoms with E-state index in [4.69, 9.17) is 0 Å². The molecule has 0 aromatic heterocycles. The number of carbonyl (C=O) groups excluding carboxylic acids is 2. The van der Waals surface area contributed by atoms with Gasteiger partial charge in [0, 0.05) is 13.1 Å². The van der Waals surface area contributed by atoms with Gasteiger partial charge in [0.25, 0.3) is 5.91 Å². The van der Waals surface area contributed by atoms with Crippen LogP contribution in [0.1, 0.15) is 27.2 Å². The van der Waals surface area contributed by atoms with E-state index in [1.807, 2.05) is 13.8 Å². The van der Waals surface area contributed by atoms with Crippen LogP contribution in [0.3, 0.4) is 0 Å². The molecule has 1 fully saturated rings. The van der Waals surface area contributed by atoms with E-state index in [2.05, 4.69) is 12.6 Å². The lowest BCUT2D eigenvalue weighted by Gasteiger charge is -2.24. The summed E-state index contributed by atoms with van der Waals surface area (Å²) in [5.74, 6) is -0.213. The summed E-state index contributed by atoms with van der Waals surface area (Å²) in [6, 6.07) is -0.225. The number of carbonyl (C=O) groups is 2. The first-order chi connectivity index (χ1) is 6.46. The number of rotatable bonds is 3. The van der Waals surface area contributed by atoms with Crippen LogP contribution in [0, 0.1) is 0 Å². The number of nitrogens with zero attached hydrogens (tertiary/aromatic N) is 2. The number of urea groups is 1. The molecule has 3 amide bonds. The smallest absolute Gasteiger partial charge is 0.301 e. The molecule has 1 unspecified atom stereocenters. The van der Waals surface area contributed by atoms with Crippen molar-refractivity contribution < 1.29 is 9.59 Å². The lowest BCUT2D eigenvalue weighted by atomic mass is 10.3. The maximum absolute atomic E-state index is 11.8. The van der Waals surface area contributed by atoms with Gasteiger partial charge in [-0.05, 0) is 20.3 Å². The fourth-order valence-electron chi connectivity index (χ4n) is 1.65. The van der Waals surface area contributed by atoms with Crippen LogP contribution in [-0.4, -0.2) is 39.7 Å². The molecule has 1 saturated heterocycles. The Hall–Kier alpha value is -0.710. The molecule has 80 valence electrons. The van der Waals surface area contributed by atoms with Crippen LogP contribution in [0.15, 0.2) is 0 Å². The predicted octanol–water partition coefficient (Wildman–Crippen LogP) is 1.33. The Morgan fingerprint density at radius 2 is 1.93 bits per heavy atom. The summed E-state index contributed by atoms with van der Waals surface area (Å²) < 4.78 is 0. The molecule has 0 aromatic carbocycles. The van der Waals surface area contributed by atoms with Gasteiger partial charge >= 0.3 is 6.03 Å². The number of likely N-dealkylation sites (N-methyl/N-ethyl adjacent to an activating group) is 1. The highest BCUT2D eigenvalue weighted by molar-refractivity contribution is 7.82. The van der Waals surface area contributed by atoms with Crippen molar-refractivity contribution in [2.24, 2.45) is 0 Å². The second-order valence-corrected chi connectivity index (χ2v) is 4.38. The standard InChI is InChI=1S/C9H16N2O2S/c1-4-6-10-7(12)9(3,14)11(5-2)8(10)13/h14H,4-6H2,1-3H3. The van der Waals surface area contributed by atoms with Crippen LogP contribution in [0.4, 0.5) is 4.79 Å².